The summed E-state index contributed by atoms with van der Waals surface area (Å²) in [6.07, 6.45) is 1.69. The standard InChI is InChI=1S/C25H27NO5/c1-3-30-19-12-10-18(11-13-19)23(27)21-22(17-8-6-16(2)7-9-17)26(25(29)24(21)28)15-20-5-4-14-31-20/h6-13,20,22,27H,3-5,14-15H2,1-2H3/b23-21+. The second-order valence-corrected chi connectivity index (χ2v) is 7.95. The molecule has 2 atom stereocenters. The van der Waals surface area contributed by atoms with E-state index in [0.29, 0.717) is 31.1 Å². The number of rotatable bonds is 6. The molecule has 2 heterocycles. The first-order chi connectivity index (χ1) is 15.0. The number of aliphatic hydroxyl groups excluding tert-OH is 1. The molecule has 162 valence electrons. The molecular formula is C25H27NO5. The molecule has 0 saturated carbocycles. The molecule has 31 heavy (non-hydrogen) atoms. The van der Waals surface area contributed by atoms with Crippen LogP contribution in [0, 0.1) is 6.92 Å². The van der Waals surface area contributed by atoms with E-state index >= 15 is 0 Å². The van der Waals surface area contributed by atoms with Gasteiger partial charge in [-0.25, -0.2) is 0 Å². The Balaban J connectivity index is 1.77. The van der Waals surface area contributed by atoms with Crippen molar-refractivity contribution < 1.29 is 24.2 Å². The number of likely N-dealkylation sites (tertiary alicyclic amines) is 1. The molecule has 2 saturated heterocycles. The predicted molar refractivity (Wildman–Crippen MR) is 117 cm³/mol. The third-order valence-electron chi connectivity index (χ3n) is 5.80. The molecule has 4 rings (SSSR count). The van der Waals surface area contributed by atoms with Crippen LogP contribution in [0.3, 0.4) is 0 Å². The number of carbonyl (C=O) groups excluding carboxylic acids is 2. The SMILES string of the molecule is CCOc1ccc(/C(O)=C2\C(=O)C(=O)N(CC3CCCO3)C2c2ccc(C)cc2)cc1. The van der Waals surface area contributed by atoms with Gasteiger partial charge >= 0.3 is 0 Å². The lowest BCUT2D eigenvalue weighted by atomic mass is 9.94. The summed E-state index contributed by atoms with van der Waals surface area (Å²) >= 11 is 0. The Morgan fingerprint density at radius 2 is 1.84 bits per heavy atom. The van der Waals surface area contributed by atoms with Gasteiger partial charge in [-0.15, -0.1) is 0 Å². The van der Waals surface area contributed by atoms with Gasteiger partial charge in [-0.2, -0.15) is 0 Å². The number of ether oxygens (including phenoxy) is 2. The first-order valence-electron chi connectivity index (χ1n) is 10.7. The van der Waals surface area contributed by atoms with Gasteiger partial charge in [-0.05, 0) is 56.5 Å². The number of carbonyl (C=O) groups is 2. The summed E-state index contributed by atoms with van der Waals surface area (Å²) in [5.74, 6) is -0.779. The van der Waals surface area contributed by atoms with Crippen LogP contribution in [0.25, 0.3) is 5.76 Å². The maximum atomic E-state index is 13.0. The Bertz CT molecular complexity index is 988. The van der Waals surface area contributed by atoms with E-state index < -0.39 is 17.7 Å². The van der Waals surface area contributed by atoms with Crippen molar-refractivity contribution in [2.24, 2.45) is 0 Å². The molecule has 6 nitrogen and oxygen atoms in total. The van der Waals surface area contributed by atoms with Gasteiger partial charge in [0.2, 0.25) is 0 Å². The van der Waals surface area contributed by atoms with Crippen LogP contribution in [0.15, 0.2) is 54.1 Å². The smallest absolute Gasteiger partial charge is 0.295 e. The van der Waals surface area contributed by atoms with E-state index in [1.807, 2.05) is 38.1 Å². The third kappa shape index (κ3) is 4.21. The first-order valence-corrected chi connectivity index (χ1v) is 10.7. The van der Waals surface area contributed by atoms with Gasteiger partial charge in [0.05, 0.1) is 24.3 Å². The molecule has 1 N–H and O–H groups in total. The van der Waals surface area contributed by atoms with Gasteiger partial charge in [0, 0.05) is 18.7 Å². The van der Waals surface area contributed by atoms with Gasteiger partial charge in [0.25, 0.3) is 11.7 Å². The Morgan fingerprint density at radius 1 is 1.13 bits per heavy atom. The number of hydrogen-bond donors (Lipinski definition) is 1. The number of hydrogen-bond acceptors (Lipinski definition) is 5. The zero-order valence-electron chi connectivity index (χ0n) is 17.8. The van der Waals surface area contributed by atoms with Crippen molar-refractivity contribution in [3.8, 4) is 5.75 Å². The van der Waals surface area contributed by atoms with Crippen molar-refractivity contribution in [1.29, 1.82) is 0 Å². The van der Waals surface area contributed by atoms with Crippen molar-refractivity contribution in [3.63, 3.8) is 0 Å². The van der Waals surface area contributed by atoms with Crippen LogP contribution in [0.4, 0.5) is 0 Å². The minimum Gasteiger partial charge on any atom is -0.507 e. The van der Waals surface area contributed by atoms with Crippen molar-refractivity contribution >= 4 is 17.4 Å². The maximum Gasteiger partial charge on any atom is 0.295 e. The van der Waals surface area contributed by atoms with Crippen LogP contribution in [0.5, 0.6) is 5.75 Å². The molecule has 2 fully saturated rings. The van der Waals surface area contributed by atoms with Crippen LogP contribution in [0.1, 0.15) is 42.5 Å². The molecule has 0 aliphatic carbocycles. The van der Waals surface area contributed by atoms with E-state index in [4.69, 9.17) is 9.47 Å². The number of benzene rings is 2. The molecule has 2 unspecified atom stereocenters. The highest BCUT2D eigenvalue weighted by molar-refractivity contribution is 6.46. The molecule has 2 aliphatic rings. The molecule has 1 amide bonds. The predicted octanol–water partition coefficient (Wildman–Crippen LogP) is 3.99. The molecule has 0 aromatic heterocycles. The average molecular weight is 421 g/mol. The zero-order chi connectivity index (χ0) is 22.0. The quantitative estimate of drug-likeness (QED) is 0.434. The summed E-state index contributed by atoms with van der Waals surface area (Å²) < 4.78 is 11.2. The van der Waals surface area contributed by atoms with Crippen LogP contribution in [-0.4, -0.2) is 47.6 Å². The molecule has 0 spiro atoms. The second-order valence-electron chi connectivity index (χ2n) is 7.95. The summed E-state index contributed by atoms with van der Waals surface area (Å²) in [5, 5.41) is 11.1. The molecule has 2 aromatic carbocycles. The number of Topliss-reactive ketones (excluding diaryl/α,β-unsaturated/α-hetero) is 1. The lowest BCUT2D eigenvalue weighted by molar-refractivity contribution is -0.140. The topological polar surface area (TPSA) is 76.1 Å². The van der Waals surface area contributed by atoms with Crippen molar-refractivity contribution in [3.05, 3.63) is 70.8 Å². The minimum absolute atomic E-state index is 0.100. The van der Waals surface area contributed by atoms with E-state index in [0.717, 1.165) is 24.0 Å². The Hall–Kier alpha value is -3.12. The summed E-state index contributed by atoms with van der Waals surface area (Å²) in [6.45, 7) is 5.39. The highest BCUT2D eigenvalue weighted by Crippen LogP contribution is 2.40. The molecule has 6 heteroatoms. The average Bonchev–Trinajstić information content (AvgIpc) is 3.37. The highest BCUT2D eigenvalue weighted by atomic mass is 16.5. The highest BCUT2D eigenvalue weighted by Gasteiger charge is 2.47. The van der Waals surface area contributed by atoms with Crippen molar-refractivity contribution in [2.45, 2.75) is 38.8 Å². The lowest BCUT2D eigenvalue weighted by Crippen LogP contribution is -2.36. The van der Waals surface area contributed by atoms with E-state index in [1.54, 1.807) is 29.2 Å². The Morgan fingerprint density at radius 3 is 2.45 bits per heavy atom. The monoisotopic (exact) mass is 421 g/mol. The fraction of sp³-hybridized carbons (Fsp3) is 0.360. The van der Waals surface area contributed by atoms with Crippen molar-refractivity contribution in [1.82, 2.24) is 4.90 Å². The van der Waals surface area contributed by atoms with Crippen LogP contribution in [-0.2, 0) is 14.3 Å². The Labute approximate surface area is 182 Å². The fourth-order valence-corrected chi connectivity index (χ4v) is 4.20. The molecule has 2 aliphatic heterocycles. The molecule has 0 radical (unpaired) electrons. The van der Waals surface area contributed by atoms with Gasteiger partial charge in [-0.3, -0.25) is 9.59 Å². The molecule has 0 bridgehead atoms. The fourth-order valence-electron chi connectivity index (χ4n) is 4.20. The normalized spacial score (nSPS) is 22.8. The lowest BCUT2D eigenvalue weighted by Gasteiger charge is -2.27. The summed E-state index contributed by atoms with van der Waals surface area (Å²) in [7, 11) is 0. The molecule has 2 aromatic rings. The zero-order valence-corrected chi connectivity index (χ0v) is 17.8. The summed E-state index contributed by atoms with van der Waals surface area (Å²) in [4.78, 5) is 27.6. The number of nitrogens with zero attached hydrogens (tertiary/aromatic N) is 1. The number of amides is 1. The minimum atomic E-state index is -0.671. The van der Waals surface area contributed by atoms with E-state index in [2.05, 4.69) is 0 Å². The van der Waals surface area contributed by atoms with Crippen LogP contribution in [0.2, 0.25) is 0 Å². The van der Waals surface area contributed by atoms with E-state index in [9.17, 15) is 14.7 Å². The summed E-state index contributed by atoms with van der Waals surface area (Å²) in [5.41, 5.74) is 2.44. The van der Waals surface area contributed by atoms with E-state index in [-0.39, 0.29) is 17.4 Å². The van der Waals surface area contributed by atoms with Gasteiger partial charge < -0.3 is 19.5 Å². The maximum absolute atomic E-state index is 13.0. The number of aliphatic hydroxyl groups is 1. The number of aryl methyl sites for hydroxylation is 1. The van der Waals surface area contributed by atoms with Crippen LogP contribution >= 0.6 is 0 Å². The third-order valence-corrected chi connectivity index (χ3v) is 5.80. The first kappa shape index (κ1) is 21.1. The summed E-state index contributed by atoms with van der Waals surface area (Å²) in [6, 6.07) is 13.9. The van der Waals surface area contributed by atoms with Gasteiger partial charge in [-0.1, -0.05) is 29.8 Å². The molecular weight excluding hydrogens is 394 g/mol. The number of ketones is 1. The van der Waals surface area contributed by atoms with Crippen LogP contribution < -0.4 is 4.74 Å². The largest absolute Gasteiger partial charge is 0.507 e. The van der Waals surface area contributed by atoms with E-state index in [1.165, 1.54) is 0 Å². The second kappa shape index (κ2) is 8.94. The van der Waals surface area contributed by atoms with Crippen molar-refractivity contribution in [2.75, 3.05) is 19.8 Å². The Kier molecular flexibility index (Phi) is 6.09. The van der Waals surface area contributed by atoms with Gasteiger partial charge in [0.15, 0.2) is 0 Å². The van der Waals surface area contributed by atoms with Gasteiger partial charge in [0.1, 0.15) is 11.5 Å².